The van der Waals surface area contributed by atoms with Gasteiger partial charge in [0.15, 0.2) is 0 Å². The number of allylic oxidation sites excluding steroid dienone is 2. The van der Waals surface area contributed by atoms with Crippen LogP contribution < -0.4 is 0 Å². The number of hydrogen-bond donors (Lipinski definition) is 0. The van der Waals surface area contributed by atoms with E-state index in [1.54, 1.807) is 30.3 Å². The lowest BCUT2D eigenvalue weighted by atomic mass is 10.2. The molecule has 0 radical (unpaired) electrons. The standard InChI is InChI=1S/C11H10ClNO4S/c1-18(16,17)11(13(14)15)4-2-3-9-5-7-10(12)8-6-9/h2-8H,1H3/b3-2+,11-4-. The first-order valence-corrected chi connectivity index (χ1v) is 7.06. The highest BCUT2D eigenvalue weighted by Gasteiger charge is 2.22. The van der Waals surface area contributed by atoms with Crippen LogP contribution in [0.3, 0.4) is 0 Å². The number of halogens is 1. The van der Waals surface area contributed by atoms with Gasteiger partial charge in [0.25, 0.3) is 0 Å². The van der Waals surface area contributed by atoms with E-state index in [-0.39, 0.29) is 0 Å². The predicted molar refractivity (Wildman–Crippen MR) is 70.4 cm³/mol. The first kappa shape index (κ1) is 14.4. The molecule has 0 spiro atoms. The Morgan fingerprint density at radius 3 is 2.33 bits per heavy atom. The van der Waals surface area contributed by atoms with Crippen LogP contribution >= 0.6 is 11.6 Å². The highest BCUT2D eigenvalue weighted by Crippen LogP contribution is 2.11. The first-order chi connectivity index (χ1) is 8.30. The van der Waals surface area contributed by atoms with Gasteiger partial charge < -0.3 is 0 Å². The van der Waals surface area contributed by atoms with Crippen LogP contribution in [0, 0.1) is 10.1 Å². The summed E-state index contributed by atoms with van der Waals surface area (Å²) in [7, 11) is -3.84. The molecule has 0 N–H and O–H groups in total. The summed E-state index contributed by atoms with van der Waals surface area (Å²) < 4.78 is 22.2. The summed E-state index contributed by atoms with van der Waals surface area (Å²) >= 11 is 5.69. The Bertz CT molecular complexity index is 602. The van der Waals surface area contributed by atoms with E-state index in [2.05, 4.69) is 0 Å². The molecule has 7 heteroatoms. The first-order valence-electron chi connectivity index (χ1n) is 4.79. The van der Waals surface area contributed by atoms with Crippen LogP contribution in [0.15, 0.2) is 41.4 Å². The van der Waals surface area contributed by atoms with Crippen LogP contribution in [0.2, 0.25) is 5.02 Å². The van der Waals surface area contributed by atoms with Crippen LogP contribution in [0.5, 0.6) is 0 Å². The van der Waals surface area contributed by atoms with Crippen molar-refractivity contribution in [1.82, 2.24) is 0 Å². The normalized spacial score (nSPS) is 12.9. The number of rotatable bonds is 4. The number of benzene rings is 1. The quantitative estimate of drug-likeness (QED) is 0.484. The lowest BCUT2D eigenvalue weighted by Crippen LogP contribution is -2.09. The van der Waals surface area contributed by atoms with E-state index >= 15 is 0 Å². The molecule has 1 rings (SSSR count). The molecule has 0 amide bonds. The number of nitrogens with zero attached hydrogens (tertiary/aromatic N) is 1. The van der Waals surface area contributed by atoms with Crippen LogP contribution in [-0.4, -0.2) is 19.6 Å². The van der Waals surface area contributed by atoms with E-state index in [0.29, 0.717) is 5.02 Å². The fourth-order valence-corrected chi connectivity index (χ4v) is 1.86. The molecule has 0 bridgehead atoms. The van der Waals surface area contributed by atoms with Gasteiger partial charge in [0.1, 0.15) is 0 Å². The van der Waals surface area contributed by atoms with E-state index in [9.17, 15) is 18.5 Å². The maximum absolute atomic E-state index is 11.1. The summed E-state index contributed by atoms with van der Waals surface area (Å²) in [5.41, 5.74) is 0.756. The number of nitro groups is 1. The van der Waals surface area contributed by atoms with Gasteiger partial charge in [-0.25, -0.2) is 8.42 Å². The third kappa shape index (κ3) is 4.31. The van der Waals surface area contributed by atoms with E-state index < -0.39 is 19.8 Å². The lowest BCUT2D eigenvalue weighted by Gasteiger charge is -1.93. The molecule has 0 fully saturated rings. The molecule has 0 aliphatic rings. The zero-order valence-electron chi connectivity index (χ0n) is 9.41. The maximum Gasteiger partial charge on any atom is 0.358 e. The summed E-state index contributed by atoms with van der Waals surface area (Å²) in [6.45, 7) is 0. The minimum absolute atomic E-state index is 0.574. The van der Waals surface area contributed by atoms with Gasteiger partial charge in [-0.2, -0.15) is 0 Å². The monoisotopic (exact) mass is 287 g/mol. The van der Waals surface area contributed by atoms with Crippen molar-refractivity contribution < 1.29 is 13.3 Å². The third-order valence-corrected chi connectivity index (χ3v) is 3.25. The average molecular weight is 288 g/mol. The smallest absolute Gasteiger partial charge is 0.258 e. The summed E-state index contributed by atoms with van der Waals surface area (Å²) in [6.07, 6.45) is 4.59. The Kier molecular flexibility index (Phi) is 4.63. The summed E-state index contributed by atoms with van der Waals surface area (Å²) in [4.78, 5) is 9.61. The molecule has 1 aromatic carbocycles. The lowest BCUT2D eigenvalue weighted by molar-refractivity contribution is -0.411. The van der Waals surface area contributed by atoms with E-state index in [0.717, 1.165) is 17.9 Å². The Morgan fingerprint density at radius 2 is 1.89 bits per heavy atom. The molecule has 0 aliphatic carbocycles. The summed E-state index contributed by atoms with van der Waals surface area (Å²) in [5, 5.41) is 10.3. The molecule has 0 saturated carbocycles. The van der Waals surface area contributed by atoms with Crippen molar-refractivity contribution in [3.05, 3.63) is 62.1 Å². The van der Waals surface area contributed by atoms with Crippen molar-refractivity contribution in [3.63, 3.8) is 0 Å². The van der Waals surface area contributed by atoms with Gasteiger partial charge in [0, 0.05) is 17.4 Å². The second-order valence-corrected chi connectivity index (χ2v) is 5.84. The second-order valence-electron chi connectivity index (χ2n) is 3.44. The molecule has 0 aliphatic heterocycles. The second kappa shape index (κ2) is 5.79. The zero-order valence-corrected chi connectivity index (χ0v) is 11.0. The largest absolute Gasteiger partial charge is 0.358 e. The molecule has 1 aromatic rings. The van der Waals surface area contributed by atoms with Crippen LogP contribution in [-0.2, 0) is 9.84 Å². The van der Waals surface area contributed by atoms with Gasteiger partial charge >= 0.3 is 5.03 Å². The van der Waals surface area contributed by atoms with E-state index in [4.69, 9.17) is 11.6 Å². The molecular formula is C11H10ClNO4S. The highest BCUT2D eigenvalue weighted by atomic mass is 35.5. The molecule has 96 valence electrons. The third-order valence-electron chi connectivity index (χ3n) is 1.96. The minimum Gasteiger partial charge on any atom is -0.258 e. The Balaban J connectivity index is 2.97. The van der Waals surface area contributed by atoms with E-state index in [1.807, 2.05) is 0 Å². The van der Waals surface area contributed by atoms with Crippen LogP contribution in [0.25, 0.3) is 6.08 Å². The Hall–Kier alpha value is -1.66. The molecule has 0 saturated heterocycles. The van der Waals surface area contributed by atoms with Gasteiger partial charge in [-0.3, -0.25) is 10.1 Å². The minimum atomic E-state index is -3.84. The molecule has 18 heavy (non-hydrogen) atoms. The fourth-order valence-electron chi connectivity index (χ4n) is 1.14. The van der Waals surface area contributed by atoms with Crippen molar-refractivity contribution in [2.45, 2.75) is 0 Å². The predicted octanol–water partition coefficient (Wildman–Crippen LogP) is 2.52. The number of hydrogen-bond acceptors (Lipinski definition) is 4. The summed E-state index contributed by atoms with van der Waals surface area (Å²) in [6, 6.07) is 6.74. The fraction of sp³-hybridized carbons (Fsp3) is 0.0909. The Labute approximate surface area is 109 Å². The molecule has 0 heterocycles. The topological polar surface area (TPSA) is 77.3 Å². The molecular weight excluding hydrogens is 278 g/mol. The van der Waals surface area contributed by atoms with Gasteiger partial charge in [0.05, 0.1) is 4.92 Å². The van der Waals surface area contributed by atoms with Crippen molar-refractivity contribution in [3.8, 4) is 0 Å². The Morgan fingerprint density at radius 1 is 1.33 bits per heavy atom. The maximum atomic E-state index is 11.1. The highest BCUT2D eigenvalue weighted by molar-refractivity contribution is 7.94. The summed E-state index contributed by atoms with van der Waals surface area (Å²) in [5.74, 6) is 0. The van der Waals surface area contributed by atoms with Gasteiger partial charge in [0.2, 0.25) is 9.84 Å². The van der Waals surface area contributed by atoms with Gasteiger partial charge in [-0.1, -0.05) is 35.9 Å². The molecule has 0 atom stereocenters. The van der Waals surface area contributed by atoms with Crippen molar-refractivity contribution in [2.75, 3.05) is 6.26 Å². The van der Waals surface area contributed by atoms with Crippen molar-refractivity contribution >= 4 is 27.5 Å². The van der Waals surface area contributed by atoms with Crippen molar-refractivity contribution in [2.24, 2.45) is 0 Å². The van der Waals surface area contributed by atoms with Crippen LogP contribution in [0.1, 0.15) is 5.56 Å². The van der Waals surface area contributed by atoms with Crippen molar-refractivity contribution in [1.29, 1.82) is 0 Å². The molecule has 5 nitrogen and oxygen atoms in total. The van der Waals surface area contributed by atoms with Crippen LogP contribution in [0.4, 0.5) is 0 Å². The zero-order chi connectivity index (χ0) is 13.8. The molecule has 0 aromatic heterocycles. The average Bonchev–Trinajstić information content (AvgIpc) is 2.24. The van der Waals surface area contributed by atoms with Gasteiger partial charge in [-0.05, 0) is 17.7 Å². The van der Waals surface area contributed by atoms with E-state index in [1.165, 1.54) is 6.08 Å². The van der Waals surface area contributed by atoms with Gasteiger partial charge in [-0.15, -0.1) is 0 Å². The number of sulfone groups is 1. The molecule has 0 unspecified atom stereocenters. The SMILES string of the molecule is CS(=O)(=O)/C(=C\C=C\c1ccc(Cl)cc1)[N+](=O)[O-].